The van der Waals surface area contributed by atoms with Crippen LogP contribution in [-0.2, 0) is 0 Å². The molecule has 1 fully saturated rings. The van der Waals surface area contributed by atoms with Crippen molar-refractivity contribution in [2.45, 2.75) is 18.4 Å². The maximum Gasteiger partial charge on any atom is 0.0945 e. The molecule has 2 nitrogen and oxygen atoms in total. The van der Waals surface area contributed by atoms with E-state index in [1.54, 1.807) is 0 Å². The highest BCUT2D eigenvalue weighted by Crippen LogP contribution is 2.45. The molecular weight excluding hydrogens is 128 g/mol. The van der Waals surface area contributed by atoms with Gasteiger partial charge in [-0.1, -0.05) is 12.2 Å². The second kappa shape index (κ2) is 1.83. The Hall–Kier alpha value is -0.340. The van der Waals surface area contributed by atoms with Gasteiger partial charge in [-0.05, 0) is 18.8 Å². The molecule has 3 unspecified atom stereocenters. The first-order chi connectivity index (χ1) is 4.74. The SMILES string of the molecule is OCC1(O)CC2C=CC1C2. The van der Waals surface area contributed by atoms with Crippen LogP contribution >= 0.6 is 0 Å². The van der Waals surface area contributed by atoms with Crippen molar-refractivity contribution in [2.75, 3.05) is 6.61 Å². The third-order valence-electron chi connectivity index (χ3n) is 2.75. The van der Waals surface area contributed by atoms with E-state index in [0.29, 0.717) is 5.92 Å². The van der Waals surface area contributed by atoms with Crippen molar-refractivity contribution in [2.24, 2.45) is 11.8 Å². The standard InChI is InChI=1S/C8H12O2/c9-5-8(10)4-6-1-2-7(8)3-6/h1-2,6-7,9-10H,3-5H2. The summed E-state index contributed by atoms with van der Waals surface area (Å²) in [5.41, 5.74) is -0.778. The lowest BCUT2D eigenvalue weighted by molar-refractivity contribution is -0.0346. The molecule has 2 aliphatic rings. The number of hydrogen-bond donors (Lipinski definition) is 2. The van der Waals surface area contributed by atoms with E-state index in [-0.39, 0.29) is 12.5 Å². The summed E-state index contributed by atoms with van der Waals surface area (Å²) in [5.74, 6) is 0.754. The van der Waals surface area contributed by atoms with Crippen LogP contribution in [0.4, 0.5) is 0 Å². The van der Waals surface area contributed by atoms with Gasteiger partial charge in [0.1, 0.15) is 0 Å². The molecular formula is C8H12O2. The molecule has 0 saturated heterocycles. The van der Waals surface area contributed by atoms with E-state index in [1.165, 1.54) is 0 Å². The lowest BCUT2D eigenvalue weighted by Crippen LogP contribution is -2.37. The molecule has 0 aliphatic heterocycles. The van der Waals surface area contributed by atoms with Crippen molar-refractivity contribution in [3.05, 3.63) is 12.2 Å². The van der Waals surface area contributed by atoms with Crippen molar-refractivity contribution in [1.82, 2.24) is 0 Å². The molecule has 2 aliphatic carbocycles. The van der Waals surface area contributed by atoms with Gasteiger partial charge >= 0.3 is 0 Å². The Bertz CT molecular complexity index is 176. The summed E-state index contributed by atoms with van der Waals surface area (Å²) >= 11 is 0. The molecule has 0 aromatic rings. The largest absolute Gasteiger partial charge is 0.393 e. The number of fused-ring (bicyclic) bond motifs is 2. The maximum absolute atomic E-state index is 9.69. The fourth-order valence-electron chi connectivity index (χ4n) is 2.11. The van der Waals surface area contributed by atoms with Crippen LogP contribution < -0.4 is 0 Å². The minimum absolute atomic E-state index is 0.0848. The first kappa shape index (κ1) is 6.38. The van der Waals surface area contributed by atoms with Crippen LogP contribution in [0, 0.1) is 11.8 Å². The van der Waals surface area contributed by atoms with Crippen molar-refractivity contribution in [1.29, 1.82) is 0 Å². The second-order valence-electron chi connectivity index (χ2n) is 3.45. The van der Waals surface area contributed by atoms with Gasteiger partial charge in [-0.2, -0.15) is 0 Å². The molecule has 0 aromatic heterocycles. The fraction of sp³-hybridized carbons (Fsp3) is 0.750. The van der Waals surface area contributed by atoms with Crippen molar-refractivity contribution < 1.29 is 10.2 Å². The molecule has 56 valence electrons. The van der Waals surface area contributed by atoms with Gasteiger partial charge in [0, 0.05) is 5.92 Å². The van der Waals surface area contributed by atoms with Gasteiger partial charge in [-0.25, -0.2) is 0 Å². The van der Waals surface area contributed by atoms with Crippen molar-refractivity contribution >= 4 is 0 Å². The Kier molecular flexibility index (Phi) is 1.17. The van der Waals surface area contributed by atoms with Gasteiger partial charge in [0.15, 0.2) is 0 Å². The van der Waals surface area contributed by atoms with Crippen LogP contribution in [-0.4, -0.2) is 22.4 Å². The van der Waals surface area contributed by atoms with Crippen molar-refractivity contribution in [3.63, 3.8) is 0 Å². The van der Waals surface area contributed by atoms with Crippen LogP contribution in [0.2, 0.25) is 0 Å². The van der Waals surface area contributed by atoms with E-state index < -0.39 is 5.60 Å². The number of rotatable bonds is 1. The predicted molar refractivity (Wildman–Crippen MR) is 37.4 cm³/mol. The van der Waals surface area contributed by atoms with Crippen LogP contribution in [0.25, 0.3) is 0 Å². The molecule has 2 bridgehead atoms. The molecule has 3 atom stereocenters. The Balaban J connectivity index is 2.22. The highest BCUT2D eigenvalue weighted by Gasteiger charge is 2.46. The maximum atomic E-state index is 9.69. The third kappa shape index (κ3) is 0.662. The van der Waals surface area contributed by atoms with E-state index in [0.717, 1.165) is 12.8 Å². The molecule has 1 saturated carbocycles. The van der Waals surface area contributed by atoms with E-state index in [1.807, 2.05) is 6.08 Å². The molecule has 2 rings (SSSR count). The van der Waals surface area contributed by atoms with Gasteiger partial charge < -0.3 is 10.2 Å². The number of hydrogen-bond acceptors (Lipinski definition) is 2. The van der Waals surface area contributed by atoms with E-state index in [2.05, 4.69) is 6.08 Å². The monoisotopic (exact) mass is 140 g/mol. The van der Waals surface area contributed by atoms with Crippen molar-refractivity contribution in [3.8, 4) is 0 Å². The molecule has 0 radical (unpaired) electrons. The van der Waals surface area contributed by atoms with Gasteiger partial charge in [0.2, 0.25) is 0 Å². The van der Waals surface area contributed by atoms with Gasteiger partial charge in [-0.15, -0.1) is 0 Å². The quantitative estimate of drug-likeness (QED) is 0.514. The first-order valence-electron chi connectivity index (χ1n) is 3.76. The smallest absolute Gasteiger partial charge is 0.0945 e. The summed E-state index contributed by atoms with van der Waals surface area (Å²) in [5, 5.41) is 18.6. The minimum atomic E-state index is -0.778. The fourth-order valence-corrected chi connectivity index (χ4v) is 2.11. The molecule has 0 amide bonds. The summed E-state index contributed by atoms with van der Waals surface area (Å²) < 4.78 is 0. The number of aliphatic hydroxyl groups is 2. The minimum Gasteiger partial charge on any atom is -0.393 e. The zero-order valence-corrected chi connectivity index (χ0v) is 5.83. The van der Waals surface area contributed by atoms with Crippen LogP contribution in [0.5, 0.6) is 0 Å². The van der Waals surface area contributed by atoms with Gasteiger partial charge in [-0.3, -0.25) is 0 Å². The lowest BCUT2D eigenvalue weighted by Gasteiger charge is -2.26. The molecule has 2 N–H and O–H groups in total. The summed E-state index contributed by atoms with van der Waals surface area (Å²) in [6, 6.07) is 0. The normalized spacial score (nSPS) is 50.6. The Morgan fingerprint density at radius 2 is 2.30 bits per heavy atom. The summed E-state index contributed by atoms with van der Waals surface area (Å²) in [7, 11) is 0. The Labute approximate surface area is 60.2 Å². The topological polar surface area (TPSA) is 40.5 Å². The van der Waals surface area contributed by atoms with Crippen LogP contribution in [0.3, 0.4) is 0 Å². The second-order valence-corrected chi connectivity index (χ2v) is 3.45. The zero-order chi connectivity index (χ0) is 7.19. The molecule has 10 heavy (non-hydrogen) atoms. The summed E-state index contributed by atoms with van der Waals surface area (Å²) in [4.78, 5) is 0. The average Bonchev–Trinajstić information content (AvgIpc) is 2.46. The van der Waals surface area contributed by atoms with Gasteiger partial charge in [0.25, 0.3) is 0 Å². The summed E-state index contributed by atoms with van der Waals surface area (Å²) in [6.07, 6.45) is 5.97. The van der Waals surface area contributed by atoms with E-state index >= 15 is 0 Å². The number of allylic oxidation sites excluding steroid dienone is 1. The van der Waals surface area contributed by atoms with Crippen LogP contribution in [0.15, 0.2) is 12.2 Å². The van der Waals surface area contributed by atoms with E-state index in [9.17, 15) is 5.11 Å². The third-order valence-corrected chi connectivity index (χ3v) is 2.75. The lowest BCUT2D eigenvalue weighted by atomic mass is 9.89. The highest BCUT2D eigenvalue weighted by molar-refractivity contribution is 5.16. The zero-order valence-electron chi connectivity index (χ0n) is 5.83. The molecule has 2 heteroatoms. The Morgan fingerprint density at radius 1 is 1.50 bits per heavy atom. The molecule has 0 spiro atoms. The molecule has 0 aromatic carbocycles. The summed E-state index contributed by atoms with van der Waals surface area (Å²) in [6.45, 7) is -0.0848. The Morgan fingerprint density at radius 3 is 2.60 bits per heavy atom. The molecule has 0 heterocycles. The highest BCUT2D eigenvalue weighted by atomic mass is 16.3. The van der Waals surface area contributed by atoms with Crippen LogP contribution in [0.1, 0.15) is 12.8 Å². The average molecular weight is 140 g/mol. The van der Waals surface area contributed by atoms with E-state index in [4.69, 9.17) is 5.11 Å². The first-order valence-corrected chi connectivity index (χ1v) is 3.76. The number of aliphatic hydroxyl groups excluding tert-OH is 1. The predicted octanol–water partition coefficient (Wildman–Crippen LogP) is 0.306. The van der Waals surface area contributed by atoms with Gasteiger partial charge in [0.05, 0.1) is 12.2 Å².